The number of amides is 1. The number of hydrogen-bond acceptors (Lipinski definition) is 7. The fourth-order valence-electron chi connectivity index (χ4n) is 3.44. The number of nitrogens with zero attached hydrogens (tertiary/aromatic N) is 1. The molecule has 0 aliphatic carbocycles. The maximum absolute atomic E-state index is 13.1. The van der Waals surface area contributed by atoms with Gasteiger partial charge < -0.3 is 14.3 Å². The summed E-state index contributed by atoms with van der Waals surface area (Å²) in [6, 6.07) is 17.5. The summed E-state index contributed by atoms with van der Waals surface area (Å²) >= 11 is 6.36. The molecule has 9 heteroatoms. The van der Waals surface area contributed by atoms with E-state index >= 15 is 0 Å². The Morgan fingerprint density at radius 1 is 1.12 bits per heavy atom. The maximum atomic E-state index is 13.1. The highest BCUT2D eigenvalue weighted by Gasteiger charge is 2.41. The normalized spacial score (nSPS) is 15.6. The van der Waals surface area contributed by atoms with Gasteiger partial charge in [-0.05, 0) is 36.8 Å². The number of esters is 1. The average Bonchev–Trinajstić information content (AvgIpc) is 3.40. The molecule has 0 spiro atoms. The molecular formula is C25H19NO6S2. The van der Waals surface area contributed by atoms with Crippen LogP contribution in [0.1, 0.15) is 34.6 Å². The highest BCUT2D eigenvalue weighted by Crippen LogP contribution is 2.38. The summed E-state index contributed by atoms with van der Waals surface area (Å²) in [6.45, 7) is 2.04. The van der Waals surface area contributed by atoms with Gasteiger partial charge in [0, 0.05) is 11.6 Å². The number of furan rings is 1. The van der Waals surface area contributed by atoms with E-state index in [1.54, 1.807) is 79.7 Å². The molecule has 0 bridgehead atoms. The van der Waals surface area contributed by atoms with Gasteiger partial charge in [0.1, 0.15) is 15.8 Å². The highest BCUT2D eigenvalue weighted by molar-refractivity contribution is 8.26. The first-order valence-electron chi connectivity index (χ1n) is 10.3. The van der Waals surface area contributed by atoms with Crippen LogP contribution in [0.3, 0.4) is 0 Å². The van der Waals surface area contributed by atoms with Crippen LogP contribution in [0.15, 0.2) is 76.1 Å². The van der Waals surface area contributed by atoms with E-state index in [0.29, 0.717) is 29.3 Å². The molecule has 34 heavy (non-hydrogen) atoms. The predicted octanol–water partition coefficient (Wildman–Crippen LogP) is 5.15. The van der Waals surface area contributed by atoms with E-state index in [4.69, 9.17) is 21.4 Å². The van der Waals surface area contributed by atoms with Crippen molar-refractivity contribution in [2.75, 3.05) is 6.61 Å². The van der Waals surface area contributed by atoms with Gasteiger partial charge >= 0.3 is 11.9 Å². The molecule has 0 saturated carbocycles. The van der Waals surface area contributed by atoms with Crippen LogP contribution < -0.4 is 0 Å². The molecule has 4 rings (SSSR count). The van der Waals surface area contributed by atoms with Crippen molar-refractivity contribution in [3.8, 4) is 11.3 Å². The Kier molecular flexibility index (Phi) is 6.95. The molecule has 2 aromatic carbocycles. The van der Waals surface area contributed by atoms with Crippen LogP contribution >= 0.6 is 24.0 Å². The van der Waals surface area contributed by atoms with Gasteiger partial charge in [-0.3, -0.25) is 9.69 Å². The zero-order valence-electron chi connectivity index (χ0n) is 18.0. The van der Waals surface area contributed by atoms with Crippen LogP contribution in [0, 0.1) is 0 Å². The molecule has 1 unspecified atom stereocenters. The molecule has 7 nitrogen and oxygen atoms in total. The molecule has 0 radical (unpaired) electrons. The quantitative estimate of drug-likeness (QED) is 0.274. The standard InChI is InChI=1S/C25H19NO6S2/c1-2-31-24(30)17-10-8-15(9-11-17)19-13-12-18(32-19)14-20-22(27)26(25(33)34-20)21(23(28)29)16-6-4-3-5-7-16/h3-14,21H,2H2,1H3,(H,28,29)/b20-14-. The van der Waals surface area contributed by atoms with Crippen molar-refractivity contribution in [2.24, 2.45) is 0 Å². The third kappa shape index (κ3) is 4.80. The highest BCUT2D eigenvalue weighted by atomic mass is 32.2. The van der Waals surface area contributed by atoms with E-state index in [2.05, 4.69) is 0 Å². The number of carbonyl (C=O) groups excluding carboxylic acids is 2. The molecule has 1 N–H and O–H groups in total. The van der Waals surface area contributed by atoms with Crippen molar-refractivity contribution >= 4 is 52.2 Å². The number of thioether (sulfide) groups is 1. The smallest absolute Gasteiger partial charge is 0.338 e. The molecule has 1 atom stereocenters. The van der Waals surface area contributed by atoms with Gasteiger partial charge in [-0.2, -0.15) is 0 Å². The third-order valence-electron chi connectivity index (χ3n) is 5.01. The Morgan fingerprint density at radius 2 is 1.82 bits per heavy atom. The van der Waals surface area contributed by atoms with Gasteiger partial charge in [0.2, 0.25) is 0 Å². The van der Waals surface area contributed by atoms with Crippen molar-refractivity contribution in [3.63, 3.8) is 0 Å². The fourth-order valence-corrected chi connectivity index (χ4v) is 4.73. The van der Waals surface area contributed by atoms with Crippen LogP contribution in [0.25, 0.3) is 17.4 Å². The fraction of sp³-hybridized carbons (Fsp3) is 0.120. The zero-order chi connectivity index (χ0) is 24.2. The Bertz CT molecular complexity index is 1280. The van der Waals surface area contributed by atoms with Gasteiger partial charge in [0.25, 0.3) is 5.91 Å². The SMILES string of the molecule is CCOC(=O)c1ccc(-c2ccc(/C=C3\SC(=S)N(C(C(=O)O)c4ccccc4)C3=O)o2)cc1. The summed E-state index contributed by atoms with van der Waals surface area (Å²) in [4.78, 5) is 38.2. The molecule has 172 valence electrons. The lowest BCUT2D eigenvalue weighted by Gasteiger charge is -2.23. The Hall–Kier alpha value is -3.69. The molecular weight excluding hydrogens is 474 g/mol. The largest absolute Gasteiger partial charge is 0.479 e. The van der Waals surface area contributed by atoms with E-state index in [9.17, 15) is 19.5 Å². The number of rotatable bonds is 7. The van der Waals surface area contributed by atoms with E-state index in [1.165, 1.54) is 0 Å². The molecule has 1 aliphatic rings. The summed E-state index contributed by atoms with van der Waals surface area (Å²) in [5.41, 5.74) is 1.64. The molecule has 1 saturated heterocycles. The molecule has 1 fully saturated rings. The van der Waals surface area contributed by atoms with Crippen LogP contribution in [0.5, 0.6) is 0 Å². The molecule has 1 aliphatic heterocycles. The average molecular weight is 494 g/mol. The summed E-state index contributed by atoms with van der Waals surface area (Å²) in [5, 5.41) is 9.78. The van der Waals surface area contributed by atoms with Gasteiger partial charge in [0.05, 0.1) is 17.1 Å². The molecule has 1 aromatic heterocycles. The Balaban J connectivity index is 1.55. The minimum Gasteiger partial charge on any atom is -0.479 e. The van der Waals surface area contributed by atoms with E-state index in [-0.39, 0.29) is 9.23 Å². The van der Waals surface area contributed by atoms with E-state index < -0.39 is 23.9 Å². The van der Waals surface area contributed by atoms with Crippen LogP contribution in [-0.2, 0) is 14.3 Å². The van der Waals surface area contributed by atoms with E-state index in [1.807, 2.05) is 0 Å². The van der Waals surface area contributed by atoms with Crippen molar-refractivity contribution in [1.29, 1.82) is 0 Å². The first kappa shape index (κ1) is 23.5. The first-order valence-corrected chi connectivity index (χ1v) is 11.5. The predicted molar refractivity (Wildman–Crippen MR) is 132 cm³/mol. The number of benzene rings is 2. The van der Waals surface area contributed by atoms with Gasteiger partial charge in [-0.15, -0.1) is 0 Å². The zero-order valence-corrected chi connectivity index (χ0v) is 19.6. The monoisotopic (exact) mass is 493 g/mol. The van der Waals surface area contributed by atoms with Crippen molar-refractivity contribution in [3.05, 3.63) is 88.5 Å². The van der Waals surface area contributed by atoms with Crippen molar-refractivity contribution in [2.45, 2.75) is 13.0 Å². The number of carboxylic acid groups (broad SMARTS) is 1. The lowest BCUT2D eigenvalue weighted by atomic mass is 10.1. The number of aliphatic carboxylic acids is 1. The van der Waals surface area contributed by atoms with Gasteiger partial charge in [-0.1, -0.05) is 66.4 Å². The first-order chi connectivity index (χ1) is 16.4. The minimum atomic E-state index is -1.22. The molecule has 3 aromatic rings. The number of carboxylic acids is 1. The number of hydrogen-bond donors (Lipinski definition) is 1. The minimum absolute atomic E-state index is 0.161. The van der Waals surface area contributed by atoms with Gasteiger partial charge in [-0.25, -0.2) is 9.59 Å². The number of ether oxygens (including phenoxy) is 1. The maximum Gasteiger partial charge on any atom is 0.338 e. The lowest BCUT2D eigenvalue weighted by molar-refractivity contribution is -0.145. The van der Waals surface area contributed by atoms with Crippen molar-refractivity contribution < 1.29 is 28.6 Å². The molecule has 2 heterocycles. The summed E-state index contributed by atoms with van der Waals surface area (Å²) in [7, 11) is 0. The van der Waals surface area contributed by atoms with E-state index in [0.717, 1.165) is 22.2 Å². The van der Waals surface area contributed by atoms with Crippen LogP contribution in [0.2, 0.25) is 0 Å². The topological polar surface area (TPSA) is 97.0 Å². The second-order valence-corrected chi connectivity index (χ2v) is 8.88. The Labute approximate surface area is 205 Å². The molecule has 1 amide bonds. The second-order valence-electron chi connectivity index (χ2n) is 7.20. The second kappa shape index (κ2) is 10.1. The van der Waals surface area contributed by atoms with Crippen LogP contribution in [0.4, 0.5) is 0 Å². The van der Waals surface area contributed by atoms with Crippen LogP contribution in [-0.4, -0.2) is 38.8 Å². The van der Waals surface area contributed by atoms with Gasteiger partial charge in [0.15, 0.2) is 6.04 Å². The number of thiocarbonyl (C=S) groups is 1. The van der Waals surface area contributed by atoms with Crippen molar-refractivity contribution in [1.82, 2.24) is 4.90 Å². The Morgan fingerprint density at radius 3 is 2.47 bits per heavy atom. The summed E-state index contributed by atoms with van der Waals surface area (Å²) < 4.78 is 11.0. The summed E-state index contributed by atoms with van der Waals surface area (Å²) in [6.07, 6.45) is 1.54. The summed E-state index contributed by atoms with van der Waals surface area (Å²) in [5.74, 6) is -1.11. The third-order valence-corrected chi connectivity index (χ3v) is 6.34. The lowest BCUT2D eigenvalue weighted by Crippen LogP contribution is -2.37. The number of carbonyl (C=O) groups is 3.